The molecule has 1 aliphatic heterocycles. The number of para-hydroxylation sites is 1. The molecule has 1 heterocycles. The summed E-state index contributed by atoms with van der Waals surface area (Å²) in [6.07, 6.45) is 4.38. The molecule has 3 nitrogen and oxygen atoms in total. The Kier molecular flexibility index (Phi) is 5.20. The van der Waals surface area contributed by atoms with Gasteiger partial charge in [0, 0.05) is 6.04 Å². The number of methoxy groups -OCH3 is 1. The van der Waals surface area contributed by atoms with Gasteiger partial charge >= 0.3 is 0 Å². The lowest BCUT2D eigenvalue weighted by Gasteiger charge is -2.27. The van der Waals surface area contributed by atoms with E-state index < -0.39 is 0 Å². The molecule has 18 heavy (non-hydrogen) atoms. The second-order valence-electron chi connectivity index (χ2n) is 4.46. The third-order valence-corrected chi connectivity index (χ3v) is 3.83. The smallest absolute Gasteiger partial charge is 0.164 e. The van der Waals surface area contributed by atoms with E-state index in [0.29, 0.717) is 6.04 Å². The Morgan fingerprint density at radius 1 is 1.50 bits per heavy atom. The van der Waals surface area contributed by atoms with E-state index in [1.807, 2.05) is 23.9 Å². The van der Waals surface area contributed by atoms with Gasteiger partial charge in [0.2, 0.25) is 0 Å². The van der Waals surface area contributed by atoms with Crippen molar-refractivity contribution in [1.82, 2.24) is 5.32 Å². The SMILES string of the molecule is COc1cccc2c1OCC(NCCCSC)C2. The molecule has 0 spiro atoms. The minimum atomic E-state index is 0.423. The zero-order chi connectivity index (χ0) is 12.8. The summed E-state index contributed by atoms with van der Waals surface area (Å²) in [5, 5.41) is 3.56. The number of hydrogen-bond donors (Lipinski definition) is 1. The maximum absolute atomic E-state index is 5.82. The van der Waals surface area contributed by atoms with Crippen LogP contribution in [0.4, 0.5) is 0 Å². The first-order valence-electron chi connectivity index (χ1n) is 6.36. The van der Waals surface area contributed by atoms with Crippen molar-refractivity contribution >= 4 is 11.8 Å². The van der Waals surface area contributed by atoms with Crippen LogP contribution < -0.4 is 14.8 Å². The number of fused-ring (bicyclic) bond motifs is 1. The molecule has 0 saturated heterocycles. The summed E-state index contributed by atoms with van der Waals surface area (Å²) in [5.41, 5.74) is 1.24. The van der Waals surface area contributed by atoms with Crippen LogP contribution in [0.5, 0.6) is 11.5 Å². The van der Waals surface area contributed by atoms with Gasteiger partial charge in [-0.2, -0.15) is 11.8 Å². The van der Waals surface area contributed by atoms with Gasteiger partial charge in [-0.05, 0) is 43.0 Å². The van der Waals surface area contributed by atoms with E-state index in [1.165, 1.54) is 17.7 Å². The molecule has 1 aromatic carbocycles. The maximum Gasteiger partial charge on any atom is 0.164 e. The second-order valence-corrected chi connectivity index (χ2v) is 5.45. The topological polar surface area (TPSA) is 30.5 Å². The van der Waals surface area contributed by atoms with Gasteiger partial charge < -0.3 is 14.8 Å². The van der Waals surface area contributed by atoms with Crippen molar-refractivity contribution in [1.29, 1.82) is 0 Å². The first-order valence-corrected chi connectivity index (χ1v) is 7.75. The molecule has 2 rings (SSSR count). The van der Waals surface area contributed by atoms with Crippen LogP contribution >= 0.6 is 11.8 Å². The van der Waals surface area contributed by atoms with E-state index in [4.69, 9.17) is 9.47 Å². The fraction of sp³-hybridized carbons (Fsp3) is 0.571. The number of ether oxygens (including phenoxy) is 2. The molecule has 0 bridgehead atoms. The largest absolute Gasteiger partial charge is 0.493 e. The Morgan fingerprint density at radius 2 is 2.39 bits per heavy atom. The minimum Gasteiger partial charge on any atom is -0.493 e. The zero-order valence-electron chi connectivity index (χ0n) is 11.1. The van der Waals surface area contributed by atoms with Crippen molar-refractivity contribution in [2.75, 3.05) is 32.3 Å². The number of benzene rings is 1. The highest BCUT2D eigenvalue weighted by molar-refractivity contribution is 7.98. The Balaban J connectivity index is 1.90. The van der Waals surface area contributed by atoms with Crippen molar-refractivity contribution in [3.8, 4) is 11.5 Å². The fourth-order valence-electron chi connectivity index (χ4n) is 2.21. The summed E-state index contributed by atoms with van der Waals surface area (Å²) < 4.78 is 11.1. The highest BCUT2D eigenvalue weighted by atomic mass is 32.2. The molecule has 1 unspecified atom stereocenters. The third kappa shape index (κ3) is 3.33. The van der Waals surface area contributed by atoms with Crippen molar-refractivity contribution in [3.63, 3.8) is 0 Å². The normalized spacial score (nSPS) is 18.0. The molecule has 0 radical (unpaired) electrons. The molecule has 1 N–H and O–H groups in total. The van der Waals surface area contributed by atoms with Crippen molar-refractivity contribution in [3.05, 3.63) is 23.8 Å². The molecule has 1 aliphatic rings. The van der Waals surface area contributed by atoms with Gasteiger partial charge in [0.25, 0.3) is 0 Å². The first kappa shape index (κ1) is 13.6. The fourth-order valence-corrected chi connectivity index (χ4v) is 2.64. The van der Waals surface area contributed by atoms with Crippen molar-refractivity contribution < 1.29 is 9.47 Å². The third-order valence-electron chi connectivity index (χ3n) is 3.13. The highest BCUT2D eigenvalue weighted by Crippen LogP contribution is 2.34. The molecule has 1 atom stereocenters. The molecule has 100 valence electrons. The van der Waals surface area contributed by atoms with Crippen molar-refractivity contribution in [2.24, 2.45) is 0 Å². The summed E-state index contributed by atoms with van der Waals surface area (Å²) in [6, 6.07) is 6.52. The van der Waals surface area contributed by atoms with Crippen LogP contribution in [0, 0.1) is 0 Å². The highest BCUT2D eigenvalue weighted by Gasteiger charge is 2.21. The minimum absolute atomic E-state index is 0.423. The van der Waals surface area contributed by atoms with Gasteiger partial charge in [0.15, 0.2) is 11.5 Å². The average molecular weight is 267 g/mol. The summed E-state index contributed by atoms with van der Waals surface area (Å²) in [5.74, 6) is 2.97. The summed E-state index contributed by atoms with van der Waals surface area (Å²) in [4.78, 5) is 0. The predicted octanol–water partition coefficient (Wildman–Crippen LogP) is 2.34. The zero-order valence-corrected chi connectivity index (χ0v) is 11.9. The maximum atomic E-state index is 5.82. The molecular formula is C14H21NO2S. The Bertz CT molecular complexity index is 384. The molecule has 1 aromatic rings. The lowest BCUT2D eigenvalue weighted by molar-refractivity contribution is 0.228. The lowest BCUT2D eigenvalue weighted by Crippen LogP contribution is -2.39. The summed E-state index contributed by atoms with van der Waals surface area (Å²) >= 11 is 1.89. The second kappa shape index (κ2) is 6.90. The summed E-state index contributed by atoms with van der Waals surface area (Å²) in [6.45, 7) is 1.79. The van der Waals surface area contributed by atoms with E-state index >= 15 is 0 Å². The quantitative estimate of drug-likeness (QED) is 0.802. The molecule has 0 saturated carbocycles. The van der Waals surface area contributed by atoms with Gasteiger partial charge in [0.05, 0.1) is 7.11 Å². The Morgan fingerprint density at radius 3 is 3.17 bits per heavy atom. The monoisotopic (exact) mass is 267 g/mol. The van der Waals surface area contributed by atoms with Crippen LogP contribution in [0.15, 0.2) is 18.2 Å². The van der Waals surface area contributed by atoms with Crippen LogP contribution in [0.2, 0.25) is 0 Å². The molecular weight excluding hydrogens is 246 g/mol. The Labute approximate surface area is 113 Å². The lowest BCUT2D eigenvalue weighted by atomic mass is 10.0. The van der Waals surface area contributed by atoms with Gasteiger partial charge in [-0.15, -0.1) is 0 Å². The molecule has 0 aromatic heterocycles. The van der Waals surface area contributed by atoms with Gasteiger partial charge in [0.1, 0.15) is 6.61 Å². The van der Waals surface area contributed by atoms with Crippen LogP contribution in [0.1, 0.15) is 12.0 Å². The molecule has 0 fully saturated rings. The predicted molar refractivity (Wildman–Crippen MR) is 77.0 cm³/mol. The van der Waals surface area contributed by atoms with E-state index in [0.717, 1.165) is 31.1 Å². The van der Waals surface area contributed by atoms with Crippen LogP contribution in [0.3, 0.4) is 0 Å². The van der Waals surface area contributed by atoms with E-state index in [9.17, 15) is 0 Å². The first-order chi connectivity index (χ1) is 8.85. The van der Waals surface area contributed by atoms with Crippen LogP contribution in [-0.2, 0) is 6.42 Å². The molecule has 0 amide bonds. The average Bonchev–Trinajstić information content (AvgIpc) is 2.42. The summed E-state index contributed by atoms with van der Waals surface area (Å²) in [7, 11) is 1.69. The molecule has 0 aliphatic carbocycles. The van der Waals surface area contributed by atoms with Gasteiger partial charge in [-0.3, -0.25) is 0 Å². The van der Waals surface area contributed by atoms with Crippen LogP contribution in [0.25, 0.3) is 0 Å². The number of hydrogen-bond acceptors (Lipinski definition) is 4. The van der Waals surface area contributed by atoms with Crippen molar-refractivity contribution in [2.45, 2.75) is 18.9 Å². The Hall–Kier alpha value is -0.870. The number of rotatable bonds is 6. The van der Waals surface area contributed by atoms with E-state index in [1.54, 1.807) is 7.11 Å². The van der Waals surface area contributed by atoms with Crippen LogP contribution in [-0.4, -0.2) is 38.3 Å². The molecule has 4 heteroatoms. The standard InChI is InChI=1S/C14H21NO2S/c1-16-13-6-3-5-11-9-12(10-17-14(11)13)15-7-4-8-18-2/h3,5-6,12,15H,4,7-10H2,1-2H3. The van der Waals surface area contributed by atoms with Gasteiger partial charge in [-0.25, -0.2) is 0 Å². The van der Waals surface area contributed by atoms with Gasteiger partial charge in [-0.1, -0.05) is 12.1 Å². The van der Waals surface area contributed by atoms with E-state index in [2.05, 4.69) is 17.6 Å². The number of nitrogens with one attached hydrogen (secondary N) is 1. The number of thioether (sulfide) groups is 1. The van der Waals surface area contributed by atoms with E-state index in [-0.39, 0.29) is 0 Å².